The predicted octanol–water partition coefficient (Wildman–Crippen LogP) is 2.19. The summed E-state index contributed by atoms with van der Waals surface area (Å²) >= 11 is 1.47. The molecule has 0 aliphatic carbocycles. The van der Waals surface area contributed by atoms with Crippen LogP contribution in [0.4, 0.5) is 0 Å². The van der Waals surface area contributed by atoms with Gasteiger partial charge in [-0.25, -0.2) is 0 Å². The van der Waals surface area contributed by atoms with Gasteiger partial charge in [-0.15, -0.1) is 11.3 Å². The molecule has 2 aliphatic heterocycles. The summed E-state index contributed by atoms with van der Waals surface area (Å²) in [6, 6.07) is 13.4. The zero-order valence-corrected chi connectivity index (χ0v) is 15.9. The molecule has 1 N–H and O–H groups in total. The molecule has 27 heavy (non-hydrogen) atoms. The molecule has 2 aromatic rings. The Balaban J connectivity index is 1.36. The van der Waals surface area contributed by atoms with E-state index in [1.807, 2.05) is 57.6 Å². The first-order valence-corrected chi connectivity index (χ1v) is 10.1. The number of ether oxygens (including phenoxy) is 1. The minimum absolute atomic E-state index is 0.0862. The van der Waals surface area contributed by atoms with Crippen LogP contribution in [0.1, 0.15) is 22.5 Å². The molecule has 2 amide bonds. The molecule has 0 unspecified atom stereocenters. The Bertz CT molecular complexity index is 786. The highest BCUT2D eigenvalue weighted by atomic mass is 32.1. The van der Waals surface area contributed by atoms with Crippen LogP contribution in [0.15, 0.2) is 47.8 Å². The number of rotatable bonds is 5. The van der Waals surface area contributed by atoms with Crippen molar-refractivity contribution in [3.8, 4) is 5.75 Å². The minimum Gasteiger partial charge on any atom is -0.492 e. The van der Waals surface area contributed by atoms with Crippen molar-refractivity contribution >= 4 is 23.2 Å². The summed E-state index contributed by atoms with van der Waals surface area (Å²) in [4.78, 5) is 29.5. The van der Waals surface area contributed by atoms with Gasteiger partial charge in [-0.3, -0.25) is 14.9 Å². The lowest BCUT2D eigenvalue weighted by Crippen LogP contribution is -2.59. The molecule has 0 saturated carbocycles. The molecule has 0 bridgehead atoms. The van der Waals surface area contributed by atoms with Gasteiger partial charge in [0.15, 0.2) is 0 Å². The normalized spacial score (nSPS) is 18.9. The maximum atomic E-state index is 12.6. The van der Waals surface area contributed by atoms with Crippen LogP contribution in [0.5, 0.6) is 5.75 Å². The lowest BCUT2D eigenvalue weighted by atomic mass is 9.96. The zero-order valence-electron chi connectivity index (χ0n) is 15.1. The SMILES string of the molecule is O=C(c1cccs1)N1CCC2(CC1)NCC(=O)N2CCOc1ccccc1. The molecule has 2 aliphatic rings. The molecular formula is C20H23N3O3S. The Morgan fingerprint density at radius 2 is 1.93 bits per heavy atom. The van der Waals surface area contributed by atoms with E-state index < -0.39 is 0 Å². The van der Waals surface area contributed by atoms with Crippen LogP contribution in [0.25, 0.3) is 0 Å². The van der Waals surface area contributed by atoms with E-state index in [0.717, 1.165) is 23.5 Å². The molecule has 3 heterocycles. The summed E-state index contributed by atoms with van der Waals surface area (Å²) in [5.74, 6) is 0.996. The number of amides is 2. The first-order valence-electron chi connectivity index (χ1n) is 9.24. The summed E-state index contributed by atoms with van der Waals surface area (Å²) in [5, 5.41) is 5.32. The highest BCUT2D eigenvalue weighted by Gasteiger charge is 2.47. The maximum Gasteiger partial charge on any atom is 0.263 e. The minimum atomic E-state index is -0.358. The molecule has 1 aromatic carbocycles. The number of benzene rings is 1. The summed E-state index contributed by atoms with van der Waals surface area (Å²) < 4.78 is 5.77. The van der Waals surface area contributed by atoms with Crippen LogP contribution >= 0.6 is 11.3 Å². The molecule has 6 nitrogen and oxygen atoms in total. The van der Waals surface area contributed by atoms with Gasteiger partial charge in [-0.2, -0.15) is 0 Å². The van der Waals surface area contributed by atoms with Gasteiger partial charge in [0, 0.05) is 25.9 Å². The monoisotopic (exact) mass is 385 g/mol. The van der Waals surface area contributed by atoms with Crippen LogP contribution in [-0.4, -0.2) is 60.1 Å². The summed E-state index contributed by atoms with van der Waals surface area (Å²) in [6.45, 7) is 2.64. The topological polar surface area (TPSA) is 61.9 Å². The van der Waals surface area contributed by atoms with E-state index in [4.69, 9.17) is 4.74 Å². The van der Waals surface area contributed by atoms with Crippen molar-refractivity contribution in [1.82, 2.24) is 15.1 Å². The van der Waals surface area contributed by atoms with Gasteiger partial charge < -0.3 is 14.5 Å². The van der Waals surface area contributed by atoms with Crippen molar-refractivity contribution in [2.24, 2.45) is 0 Å². The smallest absolute Gasteiger partial charge is 0.263 e. The van der Waals surface area contributed by atoms with Crippen molar-refractivity contribution in [2.75, 3.05) is 32.8 Å². The average molecular weight is 385 g/mol. The van der Waals surface area contributed by atoms with Crippen molar-refractivity contribution in [2.45, 2.75) is 18.5 Å². The molecular weight excluding hydrogens is 362 g/mol. The van der Waals surface area contributed by atoms with E-state index in [2.05, 4.69) is 5.32 Å². The molecule has 2 saturated heterocycles. The lowest BCUT2D eigenvalue weighted by molar-refractivity contribution is -0.132. The molecule has 1 aromatic heterocycles. The average Bonchev–Trinajstić information content (AvgIpc) is 3.34. The third-order valence-corrected chi connectivity index (χ3v) is 6.18. The second kappa shape index (κ2) is 7.70. The second-order valence-corrected chi connectivity index (χ2v) is 7.81. The Hall–Kier alpha value is -2.38. The van der Waals surface area contributed by atoms with Crippen LogP contribution in [0.3, 0.4) is 0 Å². The maximum absolute atomic E-state index is 12.6. The van der Waals surface area contributed by atoms with Crippen molar-refractivity contribution in [1.29, 1.82) is 0 Å². The van der Waals surface area contributed by atoms with Gasteiger partial charge in [-0.05, 0) is 23.6 Å². The lowest BCUT2D eigenvalue weighted by Gasteiger charge is -2.44. The highest BCUT2D eigenvalue weighted by Crippen LogP contribution is 2.31. The molecule has 4 rings (SSSR count). The molecule has 1 spiro atoms. The third kappa shape index (κ3) is 3.70. The fourth-order valence-electron chi connectivity index (χ4n) is 3.86. The van der Waals surface area contributed by atoms with Crippen LogP contribution in [0, 0.1) is 0 Å². The summed E-state index contributed by atoms with van der Waals surface area (Å²) in [7, 11) is 0. The zero-order chi connectivity index (χ0) is 18.7. The van der Waals surface area contributed by atoms with E-state index in [-0.39, 0.29) is 17.5 Å². The van der Waals surface area contributed by atoms with E-state index in [1.54, 1.807) is 0 Å². The Kier molecular flexibility index (Phi) is 5.13. The van der Waals surface area contributed by atoms with E-state index in [9.17, 15) is 9.59 Å². The number of nitrogens with one attached hydrogen (secondary N) is 1. The Labute approximate surface area is 162 Å². The fourth-order valence-corrected chi connectivity index (χ4v) is 4.55. The van der Waals surface area contributed by atoms with Crippen molar-refractivity contribution < 1.29 is 14.3 Å². The molecule has 0 radical (unpaired) electrons. The molecule has 142 valence electrons. The largest absolute Gasteiger partial charge is 0.492 e. The van der Waals surface area contributed by atoms with Gasteiger partial charge in [-0.1, -0.05) is 24.3 Å². The number of thiophene rings is 1. The number of carbonyl (C=O) groups is 2. The third-order valence-electron chi connectivity index (χ3n) is 5.32. The van der Waals surface area contributed by atoms with E-state index in [0.29, 0.717) is 32.8 Å². The standard InChI is InChI=1S/C20H23N3O3S/c24-18-15-21-20(23(18)12-13-26-16-5-2-1-3-6-16)8-10-22(11-9-20)19(25)17-7-4-14-27-17/h1-7,14,21H,8-13,15H2. The Morgan fingerprint density at radius 3 is 2.63 bits per heavy atom. The number of hydrogen-bond acceptors (Lipinski definition) is 5. The Morgan fingerprint density at radius 1 is 1.15 bits per heavy atom. The fraction of sp³-hybridized carbons (Fsp3) is 0.400. The van der Waals surface area contributed by atoms with E-state index in [1.165, 1.54) is 11.3 Å². The first-order chi connectivity index (χ1) is 13.2. The van der Waals surface area contributed by atoms with Gasteiger partial charge in [0.1, 0.15) is 12.4 Å². The number of piperidine rings is 1. The van der Waals surface area contributed by atoms with Gasteiger partial charge in [0.05, 0.1) is 23.6 Å². The van der Waals surface area contributed by atoms with Crippen LogP contribution < -0.4 is 10.1 Å². The summed E-state index contributed by atoms with van der Waals surface area (Å²) in [6.07, 6.45) is 1.47. The van der Waals surface area contributed by atoms with Crippen LogP contribution in [-0.2, 0) is 4.79 Å². The van der Waals surface area contributed by atoms with Crippen LogP contribution in [0.2, 0.25) is 0 Å². The van der Waals surface area contributed by atoms with Crippen molar-refractivity contribution in [3.63, 3.8) is 0 Å². The second-order valence-electron chi connectivity index (χ2n) is 6.86. The number of para-hydroxylation sites is 1. The number of nitrogens with zero attached hydrogens (tertiary/aromatic N) is 2. The van der Waals surface area contributed by atoms with Gasteiger partial charge >= 0.3 is 0 Å². The van der Waals surface area contributed by atoms with Gasteiger partial charge in [0.25, 0.3) is 5.91 Å². The quantitative estimate of drug-likeness (QED) is 0.857. The number of hydrogen-bond donors (Lipinski definition) is 1. The van der Waals surface area contributed by atoms with Gasteiger partial charge in [0.2, 0.25) is 5.91 Å². The van der Waals surface area contributed by atoms with Crippen molar-refractivity contribution in [3.05, 3.63) is 52.7 Å². The number of likely N-dealkylation sites (tertiary alicyclic amines) is 1. The molecule has 0 atom stereocenters. The highest BCUT2D eigenvalue weighted by molar-refractivity contribution is 7.12. The molecule has 2 fully saturated rings. The molecule has 7 heteroatoms. The van der Waals surface area contributed by atoms with E-state index >= 15 is 0 Å². The summed E-state index contributed by atoms with van der Waals surface area (Å²) in [5.41, 5.74) is -0.358. The number of carbonyl (C=O) groups excluding carboxylic acids is 2. The predicted molar refractivity (Wildman–Crippen MR) is 104 cm³/mol. The first kappa shape index (κ1) is 18.0.